The lowest BCUT2D eigenvalue weighted by Crippen LogP contribution is -2.30. The van der Waals surface area contributed by atoms with Gasteiger partial charge in [-0.05, 0) is 19.4 Å². The lowest BCUT2D eigenvalue weighted by molar-refractivity contribution is 0.441. The van der Waals surface area contributed by atoms with Gasteiger partial charge in [-0.1, -0.05) is 6.92 Å². The summed E-state index contributed by atoms with van der Waals surface area (Å²) in [6.07, 6.45) is 1.91. The van der Waals surface area contributed by atoms with Crippen LogP contribution in [0, 0.1) is 0 Å². The Labute approximate surface area is 72.1 Å². The average molecular weight is 177 g/mol. The molecular weight excluding hydrogens is 161 g/mol. The van der Waals surface area contributed by atoms with Crippen molar-refractivity contribution in [3.63, 3.8) is 0 Å². The van der Waals surface area contributed by atoms with Crippen molar-refractivity contribution in [3.8, 4) is 0 Å². The van der Waals surface area contributed by atoms with Gasteiger partial charge < -0.3 is 5.32 Å². The molecular formula is C8H16FNS. The number of nitrogens with one attached hydrogen (secondary N) is 1. The molecule has 11 heavy (non-hydrogen) atoms. The Morgan fingerprint density at radius 2 is 2.45 bits per heavy atom. The molecule has 66 valence electrons. The number of rotatable bonds is 4. The fourth-order valence-corrected chi connectivity index (χ4v) is 2.52. The van der Waals surface area contributed by atoms with Gasteiger partial charge in [0.25, 0.3) is 0 Å². The highest BCUT2D eigenvalue weighted by Gasteiger charge is 2.20. The number of alkyl halides is 1. The smallest absolute Gasteiger partial charge is 0.0906 e. The molecule has 3 heteroatoms. The molecule has 0 radical (unpaired) electrons. The SMILES string of the molecule is CC1CC(NCCCF)CS1. The van der Waals surface area contributed by atoms with E-state index >= 15 is 0 Å². The van der Waals surface area contributed by atoms with Gasteiger partial charge in [0.2, 0.25) is 0 Å². The fraction of sp³-hybridized carbons (Fsp3) is 1.00. The van der Waals surface area contributed by atoms with Crippen molar-refractivity contribution in [3.05, 3.63) is 0 Å². The molecule has 1 fully saturated rings. The number of hydrogen-bond donors (Lipinski definition) is 1. The third-order valence-electron chi connectivity index (χ3n) is 1.94. The first-order valence-corrected chi connectivity index (χ1v) is 5.28. The zero-order valence-corrected chi connectivity index (χ0v) is 7.79. The predicted molar refractivity (Wildman–Crippen MR) is 48.9 cm³/mol. The second-order valence-corrected chi connectivity index (χ2v) is 4.54. The van der Waals surface area contributed by atoms with Gasteiger partial charge in [0, 0.05) is 17.0 Å². The molecule has 2 unspecified atom stereocenters. The van der Waals surface area contributed by atoms with E-state index < -0.39 is 0 Å². The van der Waals surface area contributed by atoms with Crippen LogP contribution in [0.25, 0.3) is 0 Å². The molecule has 1 aliphatic heterocycles. The summed E-state index contributed by atoms with van der Waals surface area (Å²) in [7, 11) is 0. The predicted octanol–water partition coefficient (Wildman–Crippen LogP) is 1.83. The molecule has 0 aromatic carbocycles. The largest absolute Gasteiger partial charge is 0.313 e. The molecule has 0 saturated carbocycles. The molecule has 1 N–H and O–H groups in total. The molecule has 0 spiro atoms. The maximum atomic E-state index is 11.7. The van der Waals surface area contributed by atoms with E-state index in [1.807, 2.05) is 11.8 Å². The third-order valence-corrected chi connectivity index (χ3v) is 3.30. The fourth-order valence-electron chi connectivity index (χ4n) is 1.33. The van der Waals surface area contributed by atoms with Crippen LogP contribution < -0.4 is 5.32 Å². The summed E-state index contributed by atoms with van der Waals surface area (Å²) >= 11 is 2.01. The van der Waals surface area contributed by atoms with Crippen LogP contribution in [0.1, 0.15) is 19.8 Å². The second kappa shape index (κ2) is 4.99. The van der Waals surface area contributed by atoms with Crippen molar-refractivity contribution < 1.29 is 4.39 Å². The quantitative estimate of drug-likeness (QED) is 0.657. The van der Waals surface area contributed by atoms with Crippen molar-refractivity contribution in [2.45, 2.75) is 31.1 Å². The molecule has 0 aliphatic carbocycles. The highest BCUT2D eigenvalue weighted by molar-refractivity contribution is 8.00. The minimum Gasteiger partial charge on any atom is -0.313 e. The minimum absolute atomic E-state index is 0.192. The topological polar surface area (TPSA) is 12.0 Å². The van der Waals surface area contributed by atoms with Gasteiger partial charge in [0.1, 0.15) is 0 Å². The van der Waals surface area contributed by atoms with Gasteiger partial charge in [0.15, 0.2) is 0 Å². The van der Waals surface area contributed by atoms with Gasteiger partial charge >= 0.3 is 0 Å². The van der Waals surface area contributed by atoms with E-state index in [4.69, 9.17) is 0 Å². The van der Waals surface area contributed by atoms with Gasteiger partial charge in [-0.15, -0.1) is 0 Å². The van der Waals surface area contributed by atoms with Crippen LogP contribution in [0.4, 0.5) is 4.39 Å². The van der Waals surface area contributed by atoms with Crippen molar-refractivity contribution >= 4 is 11.8 Å². The summed E-state index contributed by atoms with van der Waals surface area (Å²) in [5.74, 6) is 1.20. The molecule has 0 bridgehead atoms. The van der Waals surface area contributed by atoms with E-state index in [0.29, 0.717) is 12.5 Å². The van der Waals surface area contributed by atoms with Crippen LogP contribution in [-0.2, 0) is 0 Å². The van der Waals surface area contributed by atoms with E-state index in [0.717, 1.165) is 11.8 Å². The van der Waals surface area contributed by atoms with Crippen LogP contribution in [0.2, 0.25) is 0 Å². The Hall–Kier alpha value is 0.240. The first-order chi connectivity index (χ1) is 5.33. The summed E-state index contributed by atoms with van der Waals surface area (Å²) in [6.45, 7) is 2.90. The molecule has 1 saturated heterocycles. The molecule has 1 rings (SSSR count). The van der Waals surface area contributed by atoms with Crippen LogP contribution in [0.5, 0.6) is 0 Å². The molecule has 1 heterocycles. The molecule has 0 amide bonds. The Kier molecular flexibility index (Phi) is 4.23. The number of thioether (sulfide) groups is 1. The third kappa shape index (κ3) is 3.43. The summed E-state index contributed by atoms with van der Waals surface area (Å²) < 4.78 is 11.7. The van der Waals surface area contributed by atoms with Crippen LogP contribution in [0.15, 0.2) is 0 Å². The number of hydrogen-bond acceptors (Lipinski definition) is 2. The first kappa shape index (κ1) is 9.33. The van der Waals surface area contributed by atoms with E-state index in [-0.39, 0.29) is 6.67 Å². The molecule has 0 aromatic rings. The second-order valence-electron chi connectivity index (χ2n) is 3.07. The monoisotopic (exact) mass is 177 g/mol. The zero-order valence-electron chi connectivity index (χ0n) is 6.98. The van der Waals surface area contributed by atoms with E-state index in [1.165, 1.54) is 12.2 Å². The van der Waals surface area contributed by atoms with Crippen molar-refractivity contribution in [2.75, 3.05) is 19.0 Å². The zero-order chi connectivity index (χ0) is 8.10. The minimum atomic E-state index is -0.192. The Bertz CT molecular complexity index is 110. The van der Waals surface area contributed by atoms with E-state index in [2.05, 4.69) is 12.2 Å². The Morgan fingerprint density at radius 1 is 1.64 bits per heavy atom. The summed E-state index contributed by atoms with van der Waals surface area (Å²) in [4.78, 5) is 0. The lowest BCUT2D eigenvalue weighted by atomic mass is 10.2. The van der Waals surface area contributed by atoms with Crippen LogP contribution in [-0.4, -0.2) is 30.3 Å². The van der Waals surface area contributed by atoms with Crippen molar-refractivity contribution in [1.29, 1.82) is 0 Å². The maximum absolute atomic E-state index is 11.7. The summed E-state index contributed by atoms with van der Waals surface area (Å²) in [5, 5.41) is 4.14. The van der Waals surface area contributed by atoms with Crippen LogP contribution >= 0.6 is 11.8 Å². The van der Waals surface area contributed by atoms with Gasteiger partial charge in [0.05, 0.1) is 6.67 Å². The van der Waals surface area contributed by atoms with Gasteiger partial charge in [-0.3, -0.25) is 4.39 Å². The number of halogens is 1. The van der Waals surface area contributed by atoms with Crippen molar-refractivity contribution in [2.24, 2.45) is 0 Å². The first-order valence-electron chi connectivity index (χ1n) is 4.24. The highest BCUT2D eigenvalue weighted by atomic mass is 32.2. The van der Waals surface area contributed by atoms with Crippen LogP contribution in [0.3, 0.4) is 0 Å². The summed E-state index contributed by atoms with van der Waals surface area (Å²) in [6, 6.07) is 0.640. The van der Waals surface area contributed by atoms with E-state index in [9.17, 15) is 4.39 Å². The molecule has 0 aromatic heterocycles. The Morgan fingerprint density at radius 3 is 3.00 bits per heavy atom. The molecule has 2 atom stereocenters. The molecule has 1 nitrogen and oxygen atoms in total. The average Bonchev–Trinajstić information content (AvgIpc) is 2.37. The highest BCUT2D eigenvalue weighted by Crippen LogP contribution is 2.25. The molecule has 1 aliphatic rings. The standard InChI is InChI=1S/C8H16FNS/c1-7-5-8(6-11-7)10-4-2-3-9/h7-8,10H,2-6H2,1H3. The van der Waals surface area contributed by atoms with E-state index in [1.54, 1.807) is 0 Å². The Balaban J connectivity index is 1.99. The van der Waals surface area contributed by atoms with Crippen molar-refractivity contribution in [1.82, 2.24) is 5.32 Å². The normalized spacial score (nSPS) is 31.1. The van der Waals surface area contributed by atoms with Gasteiger partial charge in [-0.2, -0.15) is 11.8 Å². The lowest BCUT2D eigenvalue weighted by Gasteiger charge is -2.09. The van der Waals surface area contributed by atoms with Gasteiger partial charge in [-0.25, -0.2) is 0 Å². The maximum Gasteiger partial charge on any atom is 0.0906 e. The summed E-state index contributed by atoms with van der Waals surface area (Å²) in [5.41, 5.74) is 0.